The number of carbonyl (C=O) groups excluding carboxylic acids is 1. The van der Waals surface area contributed by atoms with Crippen LogP contribution in [0.2, 0.25) is 0 Å². The van der Waals surface area contributed by atoms with Crippen molar-refractivity contribution in [3.05, 3.63) is 42.0 Å². The summed E-state index contributed by atoms with van der Waals surface area (Å²) < 4.78 is 54.4. The minimum absolute atomic E-state index is 0.0465. The van der Waals surface area contributed by atoms with E-state index in [1.165, 1.54) is 12.8 Å². The van der Waals surface area contributed by atoms with E-state index in [4.69, 9.17) is 0 Å². The lowest BCUT2D eigenvalue weighted by Gasteiger charge is -2.35. The molecular formula is C28H34F2N6O3S. The van der Waals surface area contributed by atoms with Gasteiger partial charge in [-0.3, -0.25) is 14.6 Å². The second-order valence-electron chi connectivity index (χ2n) is 11.3. The molecule has 3 aliphatic rings. The number of fused-ring (bicyclic) bond motifs is 1. The van der Waals surface area contributed by atoms with Crippen molar-refractivity contribution in [3.8, 4) is 0 Å². The Hall–Kier alpha value is -3.41. The molecule has 2 aliphatic heterocycles. The Kier molecular flexibility index (Phi) is 6.63. The van der Waals surface area contributed by atoms with Crippen LogP contribution in [-0.2, 0) is 10.0 Å². The zero-order valence-corrected chi connectivity index (χ0v) is 23.3. The van der Waals surface area contributed by atoms with Gasteiger partial charge in [-0.1, -0.05) is 0 Å². The Morgan fingerprint density at radius 1 is 0.950 bits per heavy atom. The Morgan fingerprint density at radius 2 is 1.62 bits per heavy atom. The third kappa shape index (κ3) is 5.45. The molecule has 1 amide bonds. The molecule has 1 aliphatic carbocycles. The molecule has 3 heterocycles. The summed E-state index contributed by atoms with van der Waals surface area (Å²) in [7, 11) is -3.47. The van der Waals surface area contributed by atoms with Crippen LogP contribution in [0.3, 0.4) is 0 Å². The number of anilines is 4. The molecule has 3 N–H and O–H groups in total. The number of halogens is 2. The summed E-state index contributed by atoms with van der Waals surface area (Å²) in [6, 6.07) is 10.4. The van der Waals surface area contributed by atoms with Crippen molar-refractivity contribution in [2.75, 3.05) is 51.8 Å². The third-order valence-corrected chi connectivity index (χ3v) is 9.92. The highest BCUT2D eigenvalue weighted by molar-refractivity contribution is 7.92. The quantitative estimate of drug-likeness (QED) is 0.359. The number of nitrogens with zero attached hydrogens (tertiary/aromatic N) is 3. The van der Waals surface area contributed by atoms with Crippen LogP contribution in [0.25, 0.3) is 10.9 Å². The molecule has 2 saturated heterocycles. The number of H-pyrrole nitrogens is 1. The molecule has 1 saturated carbocycles. The highest BCUT2D eigenvalue weighted by atomic mass is 32.2. The van der Waals surface area contributed by atoms with Gasteiger partial charge >= 0.3 is 0 Å². The van der Waals surface area contributed by atoms with Gasteiger partial charge in [0.05, 0.1) is 28.2 Å². The van der Waals surface area contributed by atoms with Crippen LogP contribution < -0.4 is 19.8 Å². The van der Waals surface area contributed by atoms with Gasteiger partial charge in [0.2, 0.25) is 10.0 Å². The van der Waals surface area contributed by atoms with Gasteiger partial charge in [-0.15, -0.1) is 0 Å². The number of sulfonamides is 1. The monoisotopic (exact) mass is 572 g/mol. The number of amides is 1. The van der Waals surface area contributed by atoms with Crippen molar-refractivity contribution in [2.24, 2.45) is 5.41 Å². The van der Waals surface area contributed by atoms with E-state index < -0.39 is 15.9 Å². The average molecular weight is 573 g/mol. The number of nitrogens with one attached hydrogen (secondary N) is 3. The summed E-state index contributed by atoms with van der Waals surface area (Å²) in [6.45, 7) is 3.61. The summed E-state index contributed by atoms with van der Waals surface area (Å²) in [5.41, 5.74) is 3.33. The van der Waals surface area contributed by atoms with Crippen molar-refractivity contribution in [1.82, 2.24) is 10.2 Å². The Morgan fingerprint density at radius 3 is 2.30 bits per heavy atom. The minimum atomic E-state index is -3.47. The Balaban J connectivity index is 1.26. The van der Waals surface area contributed by atoms with Crippen molar-refractivity contribution in [3.63, 3.8) is 0 Å². The van der Waals surface area contributed by atoms with Gasteiger partial charge in [-0.25, -0.2) is 17.2 Å². The number of hydrogen-bond donors (Lipinski definition) is 3. The van der Waals surface area contributed by atoms with Crippen molar-refractivity contribution >= 4 is 49.7 Å². The topological polar surface area (TPSA) is 110 Å². The Bertz CT molecular complexity index is 1530. The third-order valence-electron chi connectivity index (χ3n) is 8.61. The summed E-state index contributed by atoms with van der Waals surface area (Å²) in [5.74, 6) is -2.42. The molecule has 1 aromatic heterocycles. The van der Waals surface area contributed by atoms with Gasteiger partial charge < -0.3 is 15.1 Å². The lowest BCUT2D eigenvalue weighted by molar-refractivity contribution is -0.0221. The minimum Gasteiger partial charge on any atom is -0.371 e. The first-order chi connectivity index (χ1) is 19.1. The first-order valence-corrected chi connectivity index (χ1v) is 15.5. The summed E-state index contributed by atoms with van der Waals surface area (Å²) in [6.07, 6.45) is 4.18. The average Bonchev–Trinajstić information content (AvgIpc) is 3.55. The zero-order chi connectivity index (χ0) is 28.1. The van der Waals surface area contributed by atoms with Crippen LogP contribution >= 0.6 is 0 Å². The van der Waals surface area contributed by atoms with Crippen LogP contribution in [-0.4, -0.2) is 62.4 Å². The smallest absolute Gasteiger partial charge is 0.257 e. The number of carbonyl (C=O) groups is 1. The van der Waals surface area contributed by atoms with Gasteiger partial charge in [0.25, 0.3) is 11.8 Å². The SMILES string of the molecule is CCS(=O)(=O)Nc1ccc(C(=O)Nc2ccc3[nH]nc(N4CCC(F)(F)CC4)c3c2)c(N2CCC3(CC2)CC3)c1. The molecule has 1 spiro atoms. The largest absolute Gasteiger partial charge is 0.371 e. The van der Waals surface area contributed by atoms with E-state index in [1.807, 2.05) is 11.0 Å². The van der Waals surface area contributed by atoms with E-state index in [-0.39, 0.29) is 37.6 Å². The van der Waals surface area contributed by atoms with E-state index in [9.17, 15) is 22.0 Å². The molecular weight excluding hydrogens is 538 g/mol. The normalized spacial score (nSPS) is 20.1. The predicted molar refractivity (Wildman–Crippen MR) is 153 cm³/mol. The van der Waals surface area contributed by atoms with Gasteiger partial charge in [-0.2, -0.15) is 5.10 Å². The summed E-state index contributed by atoms with van der Waals surface area (Å²) >= 11 is 0. The van der Waals surface area contributed by atoms with Crippen LogP contribution in [0.1, 0.15) is 55.8 Å². The number of benzene rings is 2. The fourth-order valence-corrected chi connectivity index (χ4v) is 6.39. The molecule has 3 fully saturated rings. The second-order valence-corrected chi connectivity index (χ2v) is 13.3. The molecule has 0 atom stereocenters. The maximum atomic E-state index is 13.7. The van der Waals surface area contributed by atoms with Crippen molar-refractivity contribution in [1.29, 1.82) is 0 Å². The van der Waals surface area contributed by atoms with E-state index >= 15 is 0 Å². The highest BCUT2D eigenvalue weighted by Gasteiger charge is 2.44. The maximum Gasteiger partial charge on any atom is 0.257 e. The fourth-order valence-electron chi connectivity index (χ4n) is 5.76. The molecule has 0 bridgehead atoms. The number of alkyl halides is 2. The lowest BCUT2D eigenvalue weighted by atomic mass is 9.93. The second kappa shape index (κ2) is 9.90. The van der Waals surface area contributed by atoms with E-state index in [2.05, 4.69) is 25.1 Å². The number of hydrogen-bond acceptors (Lipinski definition) is 6. The molecule has 0 radical (unpaired) electrons. The van der Waals surface area contributed by atoms with E-state index in [0.717, 1.165) is 36.8 Å². The van der Waals surface area contributed by atoms with Gasteiger partial charge in [-0.05, 0) is 74.4 Å². The molecule has 3 aromatic rings. The molecule has 214 valence electrons. The molecule has 40 heavy (non-hydrogen) atoms. The van der Waals surface area contributed by atoms with Gasteiger partial charge in [0.1, 0.15) is 0 Å². The first-order valence-electron chi connectivity index (χ1n) is 13.9. The molecule has 9 nitrogen and oxygen atoms in total. The summed E-state index contributed by atoms with van der Waals surface area (Å²) in [4.78, 5) is 17.6. The lowest BCUT2D eigenvalue weighted by Crippen LogP contribution is -2.39. The Labute approximate surface area is 232 Å². The summed E-state index contributed by atoms with van der Waals surface area (Å²) in [5, 5.41) is 11.1. The van der Waals surface area contributed by atoms with Crippen molar-refractivity contribution < 1.29 is 22.0 Å². The molecule has 6 rings (SSSR count). The predicted octanol–water partition coefficient (Wildman–Crippen LogP) is 5.19. The van der Waals surface area contributed by atoms with Crippen molar-refractivity contribution in [2.45, 2.75) is 51.4 Å². The number of piperidine rings is 2. The van der Waals surface area contributed by atoms with E-state index in [0.29, 0.717) is 33.9 Å². The number of aromatic nitrogens is 2. The number of aromatic amines is 1. The first kappa shape index (κ1) is 26.8. The standard InChI is InChI=1S/C28H34F2N6O3S/c1-2-40(38,39)34-20-3-5-21(24(18-20)35-13-9-27(7-8-27)10-14-35)26(37)31-19-4-6-23-22(17-19)25(33-32-23)36-15-11-28(29,30)12-16-36/h3-6,17-18,34H,2,7-16H2,1H3,(H,31,37)(H,32,33). The number of rotatable bonds is 7. The van der Waals surface area contributed by atoms with Gasteiger partial charge in [0, 0.05) is 50.1 Å². The van der Waals surface area contributed by atoms with Gasteiger partial charge in [0.15, 0.2) is 5.82 Å². The maximum absolute atomic E-state index is 13.7. The fraction of sp³-hybridized carbons (Fsp3) is 0.500. The molecule has 0 unspecified atom stereocenters. The van der Waals surface area contributed by atoms with Crippen LogP contribution in [0.5, 0.6) is 0 Å². The van der Waals surface area contributed by atoms with Crippen LogP contribution in [0, 0.1) is 5.41 Å². The highest BCUT2D eigenvalue weighted by Crippen LogP contribution is 2.54. The van der Waals surface area contributed by atoms with Crippen LogP contribution in [0.15, 0.2) is 36.4 Å². The molecule has 12 heteroatoms. The zero-order valence-electron chi connectivity index (χ0n) is 22.5. The van der Waals surface area contributed by atoms with E-state index in [1.54, 1.807) is 37.3 Å². The molecule has 2 aromatic carbocycles. The van der Waals surface area contributed by atoms with Crippen LogP contribution in [0.4, 0.5) is 31.7 Å².